The SMILES string of the molecule is CN(CCC(F)(F)F)N(F)c1cccc(OC(F)(F)F)c1. The van der Waals surface area contributed by atoms with Gasteiger partial charge in [-0.25, -0.2) is 0 Å². The largest absolute Gasteiger partial charge is 0.573 e. The van der Waals surface area contributed by atoms with Crippen LogP contribution in [0.15, 0.2) is 24.3 Å². The Labute approximate surface area is 115 Å². The lowest BCUT2D eigenvalue weighted by molar-refractivity contribution is -0.274. The number of halogens is 7. The smallest absolute Gasteiger partial charge is 0.406 e. The van der Waals surface area contributed by atoms with E-state index in [1.54, 1.807) is 0 Å². The molecule has 3 nitrogen and oxygen atoms in total. The van der Waals surface area contributed by atoms with E-state index >= 15 is 0 Å². The Hall–Kier alpha value is -1.71. The van der Waals surface area contributed by atoms with Gasteiger partial charge in [-0.1, -0.05) is 10.5 Å². The van der Waals surface area contributed by atoms with Gasteiger partial charge in [0.15, 0.2) is 0 Å². The van der Waals surface area contributed by atoms with Crippen LogP contribution in [0.5, 0.6) is 5.75 Å². The molecular weight excluding hydrogens is 309 g/mol. The highest BCUT2D eigenvalue weighted by atomic mass is 19.4. The second-order valence-corrected chi connectivity index (χ2v) is 4.05. The fraction of sp³-hybridized carbons (Fsp3) is 0.455. The van der Waals surface area contributed by atoms with Crippen LogP contribution in [0.4, 0.5) is 36.5 Å². The second kappa shape index (κ2) is 6.37. The van der Waals surface area contributed by atoms with Crippen LogP contribution in [0.1, 0.15) is 6.42 Å². The van der Waals surface area contributed by atoms with Crippen molar-refractivity contribution in [3.8, 4) is 5.75 Å². The minimum absolute atomic E-state index is 0.186. The second-order valence-electron chi connectivity index (χ2n) is 4.05. The Morgan fingerprint density at radius 2 is 1.71 bits per heavy atom. The van der Waals surface area contributed by atoms with E-state index in [0.29, 0.717) is 5.01 Å². The van der Waals surface area contributed by atoms with E-state index in [0.717, 1.165) is 31.3 Å². The van der Waals surface area contributed by atoms with Gasteiger partial charge in [0.25, 0.3) is 0 Å². The summed E-state index contributed by atoms with van der Waals surface area (Å²) in [4.78, 5) is 0. The Bertz CT molecular complexity index is 461. The van der Waals surface area contributed by atoms with Gasteiger partial charge in [0.05, 0.1) is 12.1 Å². The van der Waals surface area contributed by atoms with E-state index in [1.807, 2.05) is 0 Å². The van der Waals surface area contributed by atoms with Gasteiger partial charge in [0.1, 0.15) is 5.75 Å². The first-order valence-electron chi connectivity index (χ1n) is 5.57. The molecule has 0 aliphatic rings. The summed E-state index contributed by atoms with van der Waals surface area (Å²) < 4.78 is 89.5. The van der Waals surface area contributed by atoms with Crippen molar-refractivity contribution in [3.05, 3.63) is 24.3 Å². The van der Waals surface area contributed by atoms with Crippen molar-refractivity contribution in [2.24, 2.45) is 0 Å². The molecule has 0 bridgehead atoms. The predicted octanol–water partition coefficient (Wildman–Crippen LogP) is 4.08. The summed E-state index contributed by atoms with van der Waals surface area (Å²) in [7, 11) is 1.03. The summed E-state index contributed by atoms with van der Waals surface area (Å²) >= 11 is 0. The topological polar surface area (TPSA) is 15.7 Å². The summed E-state index contributed by atoms with van der Waals surface area (Å²) in [5.74, 6) is -0.674. The minimum Gasteiger partial charge on any atom is -0.406 e. The van der Waals surface area contributed by atoms with Crippen molar-refractivity contribution in [1.82, 2.24) is 5.01 Å². The minimum atomic E-state index is -4.94. The summed E-state index contributed by atoms with van der Waals surface area (Å²) in [5, 5.41) is 0.398. The molecule has 0 saturated heterocycles. The van der Waals surface area contributed by atoms with E-state index in [2.05, 4.69) is 4.74 Å². The Morgan fingerprint density at radius 3 is 2.24 bits per heavy atom. The van der Waals surface area contributed by atoms with Crippen molar-refractivity contribution < 1.29 is 35.6 Å². The van der Waals surface area contributed by atoms with Gasteiger partial charge in [-0.2, -0.15) is 18.2 Å². The number of nitrogens with zero attached hydrogens (tertiary/aromatic N) is 2. The van der Waals surface area contributed by atoms with Crippen molar-refractivity contribution in [2.45, 2.75) is 19.0 Å². The van der Waals surface area contributed by atoms with Gasteiger partial charge in [0, 0.05) is 19.7 Å². The zero-order valence-corrected chi connectivity index (χ0v) is 10.7. The van der Waals surface area contributed by atoms with Crippen LogP contribution in [-0.4, -0.2) is 31.1 Å². The number of alkyl halides is 6. The molecule has 0 saturated carbocycles. The van der Waals surface area contributed by atoms with Crippen LogP contribution < -0.4 is 9.97 Å². The van der Waals surface area contributed by atoms with Crippen molar-refractivity contribution in [3.63, 3.8) is 0 Å². The number of rotatable bonds is 5. The number of ether oxygens (including phenoxy) is 1. The zero-order chi connectivity index (χ0) is 16.3. The molecule has 1 rings (SSSR count). The fourth-order valence-electron chi connectivity index (χ4n) is 1.37. The molecule has 10 heteroatoms. The lowest BCUT2D eigenvalue weighted by atomic mass is 10.3. The molecule has 0 N–H and O–H groups in total. The van der Waals surface area contributed by atoms with E-state index in [-0.39, 0.29) is 10.9 Å². The average molecular weight is 320 g/mol. The van der Waals surface area contributed by atoms with Gasteiger partial charge in [-0.05, 0) is 12.1 Å². The molecule has 0 spiro atoms. The molecule has 120 valence electrons. The Morgan fingerprint density at radius 1 is 1.10 bits per heavy atom. The van der Waals surface area contributed by atoms with E-state index in [4.69, 9.17) is 0 Å². The number of anilines is 1. The molecule has 0 unspecified atom stereocenters. The Kier molecular flexibility index (Phi) is 5.26. The summed E-state index contributed by atoms with van der Waals surface area (Å²) in [6.45, 7) is -0.690. The predicted molar refractivity (Wildman–Crippen MR) is 60.0 cm³/mol. The molecule has 0 fully saturated rings. The van der Waals surface area contributed by atoms with Crippen LogP contribution in [0, 0.1) is 0 Å². The average Bonchev–Trinajstić information content (AvgIpc) is 2.32. The van der Waals surface area contributed by atoms with E-state index < -0.39 is 31.3 Å². The molecular formula is C11H11F7N2O. The molecule has 0 aliphatic carbocycles. The lowest BCUT2D eigenvalue weighted by Crippen LogP contribution is -2.36. The number of hydrogen-bond acceptors (Lipinski definition) is 3. The lowest BCUT2D eigenvalue weighted by Gasteiger charge is -2.25. The maximum Gasteiger partial charge on any atom is 0.573 e. The van der Waals surface area contributed by atoms with E-state index in [9.17, 15) is 30.8 Å². The first-order chi connectivity index (χ1) is 9.48. The standard InChI is InChI=1S/C11H11F7N2O/c1-19(6-5-10(12,13)14)20(18)8-3-2-4-9(7-8)21-11(15,16)17/h2-4,7H,5-6H2,1H3. The summed E-state index contributed by atoms with van der Waals surface area (Å²) in [5.41, 5.74) is -0.388. The van der Waals surface area contributed by atoms with Gasteiger partial charge >= 0.3 is 12.5 Å². The first-order valence-corrected chi connectivity index (χ1v) is 5.57. The maximum absolute atomic E-state index is 13.8. The van der Waals surface area contributed by atoms with Crippen LogP contribution >= 0.6 is 0 Å². The molecule has 0 atom stereocenters. The van der Waals surface area contributed by atoms with Crippen LogP contribution in [0.3, 0.4) is 0 Å². The third kappa shape index (κ3) is 6.52. The maximum atomic E-state index is 13.8. The molecule has 21 heavy (non-hydrogen) atoms. The number of hydrazine groups is 1. The molecule has 1 aromatic rings. The normalized spacial score (nSPS) is 12.6. The Balaban J connectivity index is 2.73. The van der Waals surface area contributed by atoms with Gasteiger partial charge in [0.2, 0.25) is 0 Å². The molecule has 0 amide bonds. The molecule has 1 aromatic carbocycles. The van der Waals surface area contributed by atoms with Crippen molar-refractivity contribution in [2.75, 3.05) is 18.8 Å². The molecule has 0 heterocycles. The highest BCUT2D eigenvalue weighted by Gasteiger charge is 2.31. The van der Waals surface area contributed by atoms with Crippen molar-refractivity contribution in [1.29, 1.82) is 0 Å². The monoisotopic (exact) mass is 320 g/mol. The van der Waals surface area contributed by atoms with Gasteiger partial charge < -0.3 is 4.74 Å². The zero-order valence-electron chi connectivity index (χ0n) is 10.7. The highest BCUT2D eigenvalue weighted by molar-refractivity contribution is 5.47. The number of benzene rings is 1. The summed E-state index contributed by atoms with van der Waals surface area (Å²) in [6.07, 6.45) is -10.7. The van der Waals surface area contributed by atoms with Crippen LogP contribution in [0.25, 0.3) is 0 Å². The molecule has 0 aromatic heterocycles. The third-order valence-electron chi connectivity index (χ3n) is 2.28. The molecule has 0 aliphatic heterocycles. The molecule has 0 radical (unpaired) electrons. The fourth-order valence-corrected chi connectivity index (χ4v) is 1.37. The third-order valence-corrected chi connectivity index (χ3v) is 2.28. The summed E-state index contributed by atoms with van der Waals surface area (Å²) in [6, 6.07) is 3.84. The van der Waals surface area contributed by atoms with Crippen LogP contribution in [-0.2, 0) is 0 Å². The van der Waals surface area contributed by atoms with E-state index in [1.165, 1.54) is 0 Å². The highest BCUT2D eigenvalue weighted by Crippen LogP contribution is 2.28. The van der Waals surface area contributed by atoms with Gasteiger partial charge in [-0.3, -0.25) is 0 Å². The quantitative estimate of drug-likeness (QED) is 0.462. The van der Waals surface area contributed by atoms with Crippen LogP contribution in [0.2, 0.25) is 0 Å². The van der Waals surface area contributed by atoms with Crippen molar-refractivity contribution >= 4 is 5.69 Å². The number of hydrogen-bond donors (Lipinski definition) is 0. The first kappa shape index (κ1) is 17.3. The van der Waals surface area contributed by atoms with Gasteiger partial charge in [-0.15, -0.1) is 18.4 Å².